The highest BCUT2D eigenvalue weighted by Crippen LogP contribution is 2.27. The molecule has 0 aliphatic rings. The topological polar surface area (TPSA) is 52.5 Å². The molecule has 0 aromatic heterocycles. The van der Waals surface area contributed by atoms with Crippen molar-refractivity contribution in [3.05, 3.63) is 64.7 Å². The summed E-state index contributed by atoms with van der Waals surface area (Å²) in [7, 11) is 0. The monoisotopic (exact) mass is 277 g/mol. The summed E-state index contributed by atoms with van der Waals surface area (Å²) in [6.45, 7) is 0.428. The third-order valence-electron chi connectivity index (χ3n) is 2.99. The molecule has 0 spiro atoms. The summed E-state index contributed by atoms with van der Waals surface area (Å²) in [4.78, 5) is 0. The number of halogens is 1. The van der Waals surface area contributed by atoms with Crippen LogP contribution in [-0.4, -0.2) is 16.8 Å². The summed E-state index contributed by atoms with van der Waals surface area (Å²) < 4.78 is 0. The lowest BCUT2D eigenvalue weighted by atomic mass is 10.1. The van der Waals surface area contributed by atoms with Crippen molar-refractivity contribution in [2.24, 2.45) is 0 Å². The standard InChI is InChI=1S/C15H16ClNO2/c16-13-8-4-7-12(15(13)19)9-17-14(10-18)11-5-2-1-3-6-11/h1-8,14,17-19H,9-10H2/t14-/m0/s1. The van der Waals surface area contributed by atoms with Crippen molar-refractivity contribution in [3.63, 3.8) is 0 Å². The zero-order valence-corrected chi connectivity index (χ0v) is 11.1. The van der Waals surface area contributed by atoms with Crippen molar-refractivity contribution in [2.75, 3.05) is 6.61 Å². The van der Waals surface area contributed by atoms with Crippen molar-refractivity contribution in [1.29, 1.82) is 0 Å². The number of phenols is 1. The average Bonchev–Trinajstić information content (AvgIpc) is 2.45. The zero-order chi connectivity index (χ0) is 13.7. The smallest absolute Gasteiger partial charge is 0.138 e. The van der Waals surface area contributed by atoms with E-state index < -0.39 is 0 Å². The van der Waals surface area contributed by atoms with Crippen LogP contribution < -0.4 is 5.32 Å². The van der Waals surface area contributed by atoms with E-state index in [0.717, 1.165) is 5.56 Å². The van der Waals surface area contributed by atoms with Crippen LogP contribution in [0.15, 0.2) is 48.5 Å². The predicted molar refractivity (Wildman–Crippen MR) is 76.2 cm³/mol. The molecule has 4 heteroatoms. The number of rotatable bonds is 5. The Hall–Kier alpha value is -1.55. The molecule has 2 rings (SSSR count). The number of aliphatic hydroxyl groups is 1. The van der Waals surface area contributed by atoms with E-state index in [0.29, 0.717) is 17.1 Å². The summed E-state index contributed by atoms with van der Waals surface area (Å²) >= 11 is 5.85. The van der Waals surface area contributed by atoms with Crippen LogP contribution in [0.5, 0.6) is 5.75 Å². The summed E-state index contributed by atoms with van der Waals surface area (Å²) in [6, 6.07) is 14.7. The van der Waals surface area contributed by atoms with Crippen LogP contribution in [0.2, 0.25) is 5.02 Å². The van der Waals surface area contributed by atoms with Gasteiger partial charge in [-0.3, -0.25) is 0 Å². The lowest BCUT2D eigenvalue weighted by Crippen LogP contribution is -2.23. The van der Waals surface area contributed by atoms with Gasteiger partial charge in [0.1, 0.15) is 5.75 Å². The molecule has 0 aliphatic heterocycles. The maximum absolute atomic E-state index is 9.82. The maximum Gasteiger partial charge on any atom is 0.138 e. The highest BCUT2D eigenvalue weighted by atomic mass is 35.5. The van der Waals surface area contributed by atoms with Crippen molar-refractivity contribution < 1.29 is 10.2 Å². The fourth-order valence-electron chi connectivity index (χ4n) is 1.91. The summed E-state index contributed by atoms with van der Waals surface area (Å²) in [5, 5.41) is 22.8. The number of aliphatic hydroxyl groups excluding tert-OH is 1. The molecule has 1 atom stereocenters. The van der Waals surface area contributed by atoms with Gasteiger partial charge in [-0.2, -0.15) is 0 Å². The molecule has 100 valence electrons. The maximum atomic E-state index is 9.82. The molecule has 0 unspecified atom stereocenters. The van der Waals surface area contributed by atoms with Gasteiger partial charge >= 0.3 is 0 Å². The molecular weight excluding hydrogens is 262 g/mol. The Balaban J connectivity index is 2.06. The molecule has 0 aliphatic carbocycles. The van der Waals surface area contributed by atoms with Crippen molar-refractivity contribution in [2.45, 2.75) is 12.6 Å². The molecule has 2 aromatic rings. The van der Waals surface area contributed by atoms with Crippen LogP contribution in [0.1, 0.15) is 17.2 Å². The highest BCUT2D eigenvalue weighted by Gasteiger charge is 2.11. The van der Waals surface area contributed by atoms with Crippen molar-refractivity contribution >= 4 is 11.6 Å². The van der Waals surface area contributed by atoms with E-state index in [1.54, 1.807) is 18.2 Å². The first-order valence-electron chi connectivity index (χ1n) is 6.08. The second kappa shape index (κ2) is 6.57. The molecule has 0 fully saturated rings. The average molecular weight is 278 g/mol. The highest BCUT2D eigenvalue weighted by molar-refractivity contribution is 6.32. The molecular formula is C15H16ClNO2. The fraction of sp³-hybridized carbons (Fsp3) is 0.200. The summed E-state index contributed by atoms with van der Waals surface area (Å²) in [5.74, 6) is 0.0846. The van der Waals surface area contributed by atoms with E-state index in [-0.39, 0.29) is 18.4 Å². The number of aromatic hydroxyl groups is 1. The Kier molecular flexibility index (Phi) is 4.80. The van der Waals surface area contributed by atoms with Gasteiger partial charge in [0.05, 0.1) is 17.7 Å². The minimum atomic E-state index is -0.167. The first-order valence-corrected chi connectivity index (χ1v) is 6.45. The van der Waals surface area contributed by atoms with Gasteiger partial charge in [0.2, 0.25) is 0 Å². The Morgan fingerprint density at radius 2 is 1.79 bits per heavy atom. The Morgan fingerprint density at radius 3 is 2.47 bits per heavy atom. The third kappa shape index (κ3) is 3.47. The van der Waals surface area contributed by atoms with Gasteiger partial charge in [0, 0.05) is 12.1 Å². The van der Waals surface area contributed by atoms with E-state index in [1.807, 2.05) is 30.3 Å². The Labute approximate surface area is 117 Å². The lowest BCUT2D eigenvalue weighted by Gasteiger charge is -2.17. The first-order chi connectivity index (χ1) is 9.22. The Morgan fingerprint density at radius 1 is 1.05 bits per heavy atom. The van der Waals surface area contributed by atoms with E-state index in [4.69, 9.17) is 11.6 Å². The predicted octanol–water partition coefficient (Wildman–Crippen LogP) is 2.87. The van der Waals surface area contributed by atoms with Crippen LogP contribution in [-0.2, 0) is 6.54 Å². The molecule has 19 heavy (non-hydrogen) atoms. The second-order valence-electron chi connectivity index (χ2n) is 4.27. The summed E-state index contributed by atoms with van der Waals surface area (Å²) in [6.07, 6.45) is 0. The Bertz CT molecular complexity index is 531. The largest absolute Gasteiger partial charge is 0.506 e. The minimum Gasteiger partial charge on any atom is -0.506 e. The molecule has 0 radical (unpaired) electrons. The quantitative estimate of drug-likeness (QED) is 0.788. The van der Waals surface area contributed by atoms with Gasteiger partial charge in [-0.05, 0) is 11.6 Å². The normalized spacial score (nSPS) is 12.3. The van der Waals surface area contributed by atoms with Crippen LogP contribution in [0.4, 0.5) is 0 Å². The fourth-order valence-corrected chi connectivity index (χ4v) is 2.10. The van der Waals surface area contributed by atoms with Gasteiger partial charge in [0.25, 0.3) is 0 Å². The van der Waals surface area contributed by atoms with Crippen LogP contribution in [0, 0.1) is 0 Å². The van der Waals surface area contributed by atoms with Crippen LogP contribution in [0.25, 0.3) is 0 Å². The number of hydrogen-bond acceptors (Lipinski definition) is 3. The SMILES string of the molecule is OC[C@H](NCc1cccc(Cl)c1O)c1ccccc1. The first kappa shape index (κ1) is 13.9. The number of benzene rings is 2. The molecule has 3 N–H and O–H groups in total. The number of para-hydroxylation sites is 1. The van der Waals surface area contributed by atoms with E-state index in [1.165, 1.54) is 0 Å². The molecule has 0 amide bonds. The molecule has 0 saturated carbocycles. The molecule has 0 heterocycles. The van der Waals surface area contributed by atoms with Crippen LogP contribution in [0.3, 0.4) is 0 Å². The number of hydrogen-bond donors (Lipinski definition) is 3. The third-order valence-corrected chi connectivity index (χ3v) is 3.30. The number of phenolic OH excluding ortho intramolecular Hbond substituents is 1. The van der Waals surface area contributed by atoms with E-state index >= 15 is 0 Å². The van der Waals surface area contributed by atoms with Crippen molar-refractivity contribution in [3.8, 4) is 5.75 Å². The summed E-state index contributed by atoms with van der Waals surface area (Å²) in [5.41, 5.74) is 1.72. The minimum absolute atomic E-state index is 0.00859. The van der Waals surface area contributed by atoms with Crippen molar-refractivity contribution in [1.82, 2.24) is 5.32 Å². The van der Waals surface area contributed by atoms with Gasteiger partial charge in [-0.25, -0.2) is 0 Å². The van der Waals surface area contributed by atoms with E-state index in [2.05, 4.69) is 5.32 Å². The van der Waals surface area contributed by atoms with Gasteiger partial charge in [-0.15, -0.1) is 0 Å². The number of nitrogens with one attached hydrogen (secondary N) is 1. The van der Waals surface area contributed by atoms with E-state index in [9.17, 15) is 10.2 Å². The van der Waals surface area contributed by atoms with Crippen LogP contribution >= 0.6 is 11.6 Å². The lowest BCUT2D eigenvalue weighted by molar-refractivity contribution is 0.243. The molecule has 0 bridgehead atoms. The zero-order valence-electron chi connectivity index (χ0n) is 10.4. The second-order valence-corrected chi connectivity index (χ2v) is 4.68. The molecule has 2 aromatic carbocycles. The van der Waals surface area contributed by atoms with Gasteiger partial charge < -0.3 is 15.5 Å². The van der Waals surface area contributed by atoms with Gasteiger partial charge in [0.15, 0.2) is 0 Å². The van der Waals surface area contributed by atoms with Gasteiger partial charge in [-0.1, -0.05) is 54.1 Å². The molecule has 0 saturated heterocycles. The molecule has 3 nitrogen and oxygen atoms in total.